The Kier molecular flexibility index (Phi) is 5.68. The summed E-state index contributed by atoms with van der Waals surface area (Å²) in [5.41, 5.74) is 8.48. The fourth-order valence-electron chi connectivity index (χ4n) is 6.40. The third-order valence-electron chi connectivity index (χ3n) is 8.43. The van der Waals surface area contributed by atoms with Crippen molar-refractivity contribution in [3.8, 4) is 39.6 Å². The van der Waals surface area contributed by atoms with Gasteiger partial charge in [0.15, 0.2) is 5.82 Å². The molecule has 4 heteroatoms. The van der Waals surface area contributed by atoms with Crippen molar-refractivity contribution in [1.82, 2.24) is 14.5 Å². The lowest BCUT2D eigenvalue weighted by Crippen LogP contribution is -1.97. The third-order valence-corrected chi connectivity index (χ3v) is 9.56. The van der Waals surface area contributed by atoms with Crippen LogP contribution in [0.4, 0.5) is 0 Å². The van der Waals surface area contributed by atoms with Crippen molar-refractivity contribution in [2.45, 2.75) is 0 Å². The van der Waals surface area contributed by atoms with Crippen LogP contribution in [0, 0.1) is 0 Å². The van der Waals surface area contributed by atoms with Gasteiger partial charge < -0.3 is 4.57 Å². The standard InChI is InChI=1S/C40H25N3S/c1-3-11-26(12-4-1)32-25-33(42-40(41-32)28-13-5-2-6-14-28)27-19-21-29(22-20-27)43-34-17-9-7-15-30(34)38-35(43)23-24-37-39(38)31-16-8-10-18-36(31)44-37/h1-25H. The monoisotopic (exact) mass is 579 g/mol. The zero-order chi connectivity index (χ0) is 29.0. The zero-order valence-corrected chi connectivity index (χ0v) is 24.5. The fraction of sp³-hybridized carbons (Fsp3) is 0. The van der Waals surface area contributed by atoms with Crippen LogP contribution in [0.3, 0.4) is 0 Å². The van der Waals surface area contributed by atoms with E-state index in [-0.39, 0.29) is 0 Å². The number of benzene rings is 6. The quantitative estimate of drug-likeness (QED) is 0.208. The molecule has 0 spiro atoms. The molecule has 206 valence electrons. The van der Waals surface area contributed by atoms with Crippen molar-refractivity contribution in [3.05, 3.63) is 152 Å². The lowest BCUT2D eigenvalue weighted by atomic mass is 10.1. The van der Waals surface area contributed by atoms with Gasteiger partial charge in [-0.25, -0.2) is 9.97 Å². The van der Waals surface area contributed by atoms with Crippen molar-refractivity contribution in [2.75, 3.05) is 0 Å². The van der Waals surface area contributed by atoms with E-state index in [2.05, 4.69) is 120 Å². The number of thiophene rings is 1. The lowest BCUT2D eigenvalue weighted by Gasteiger charge is -2.11. The van der Waals surface area contributed by atoms with Crippen molar-refractivity contribution >= 4 is 53.3 Å². The lowest BCUT2D eigenvalue weighted by molar-refractivity contribution is 1.17. The molecule has 0 amide bonds. The summed E-state index contributed by atoms with van der Waals surface area (Å²) in [7, 11) is 0. The van der Waals surface area contributed by atoms with Gasteiger partial charge in [-0.05, 0) is 42.5 Å². The van der Waals surface area contributed by atoms with Gasteiger partial charge in [0.2, 0.25) is 0 Å². The van der Waals surface area contributed by atoms with Crippen molar-refractivity contribution < 1.29 is 0 Å². The number of para-hydroxylation sites is 1. The van der Waals surface area contributed by atoms with Crippen molar-refractivity contribution in [1.29, 1.82) is 0 Å². The van der Waals surface area contributed by atoms with Gasteiger partial charge in [0.25, 0.3) is 0 Å². The molecule has 3 heterocycles. The minimum absolute atomic E-state index is 0.723. The second-order valence-corrected chi connectivity index (χ2v) is 12.1. The molecule has 0 unspecified atom stereocenters. The first-order valence-electron chi connectivity index (χ1n) is 14.8. The summed E-state index contributed by atoms with van der Waals surface area (Å²) < 4.78 is 5.04. The van der Waals surface area contributed by atoms with Gasteiger partial charge in [-0.15, -0.1) is 11.3 Å². The highest BCUT2D eigenvalue weighted by atomic mass is 32.1. The van der Waals surface area contributed by atoms with E-state index >= 15 is 0 Å². The summed E-state index contributed by atoms with van der Waals surface area (Å²) in [5.74, 6) is 0.723. The molecule has 6 aromatic carbocycles. The SMILES string of the molecule is c1ccc(-c2cc(-c3ccc(-n4c5ccccc5c5c6c(ccc54)sc4ccccc46)cc3)nc(-c3ccccc3)n2)cc1. The summed E-state index contributed by atoms with van der Waals surface area (Å²) in [6, 6.07) is 53.5. The summed E-state index contributed by atoms with van der Waals surface area (Å²) in [6.45, 7) is 0. The fourth-order valence-corrected chi connectivity index (χ4v) is 7.52. The minimum atomic E-state index is 0.723. The molecule has 3 aromatic heterocycles. The Bertz CT molecular complexity index is 2420. The molecule has 0 aliphatic heterocycles. The van der Waals surface area contributed by atoms with Crippen LogP contribution in [-0.4, -0.2) is 14.5 Å². The largest absolute Gasteiger partial charge is 0.309 e. The Morgan fingerprint density at radius 1 is 0.432 bits per heavy atom. The average molecular weight is 580 g/mol. The minimum Gasteiger partial charge on any atom is -0.309 e. The molecule has 0 bridgehead atoms. The van der Waals surface area contributed by atoms with Crippen LogP contribution in [0.1, 0.15) is 0 Å². The van der Waals surface area contributed by atoms with Gasteiger partial charge in [-0.1, -0.05) is 109 Å². The van der Waals surface area contributed by atoms with Crippen LogP contribution >= 0.6 is 11.3 Å². The summed E-state index contributed by atoms with van der Waals surface area (Å²) >= 11 is 1.87. The van der Waals surface area contributed by atoms with Crippen molar-refractivity contribution in [2.24, 2.45) is 0 Å². The Morgan fingerprint density at radius 3 is 1.80 bits per heavy atom. The molecule has 44 heavy (non-hydrogen) atoms. The molecule has 0 aliphatic carbocycles. The number of rotatable bonds is 4. The molecule has 9 rings (SSSR count). The highest BCUT2D eigenvalue weighted by Crippen LogP contribution is 2.43. The van der Waals surface area contributed by atoms with Crippen LogP contribution in [0.15, 0.2) is 152 Å². The first-order chi connectivity index (χ1) is 21.8. The maximum atomic E-state index is 5.03. The second kappa shape index (κ2) is 10.0. The molecule has 0 fully saturated rings. The molecule has 0 aliphatic rings. The summed E-state index contributed by atoms with van der Waals surface area (Å²) in [6.07, 6.45) is 0. The first kappa shape index (κ1) is 25.0. The van der Waals surface area contributed by atoms with Crippen LogP contribution in [-0.2, 0) is 0 Å². The number of hydrogen-bond acceptors (Lipinski definition) is 3. The Morgan fingerprint density at radius 2 is 1.05 bits per heavy atom. The molecular weight excluding hydrogens is 555 g/mol. The van der Waals surface area contributed by atoms with E-state index in [0.717, 1.165) is 39.6 Å². The predicted molar refractivity (Wildman–Crippen MR) is 186 cm³/mol. The van der Waals surface area contributed by atoms with Crippen LogP contribution in [0.2, 0.25) is 0 Å². The first-order valence-corrected chi connectivity index (χ1v) is 15.6. The number of fused-ring (bicyclic) bond motifs is 7. The molecule has 0 saturated carbocycles. The Labute approximate surface area is 258 Å². The highest BCUT2D eigenvalue weighted by Gasteiger charge is 2.18. The normalized spacial score (nSPS) is 11.6. The Balaban J connectivity index is 1.22. The number of aromatic nitrogens is 3. The number of nitrogens with zero attached hydrogens (tertiary/aromatic N) is 3. The van der Waals surface area contributed by atoms with E-state index in [0.29, 0.717) is 0 Å². The summed E-state index contributed by atoms with van der Waals surface area (Å²) in [4.78, 5) is 9.99. The molecule has 0 atom stereocenters. The van der Waals surface area contributed by atoms with Gasteiger partial charge in [-0.2, -0.15) is 0 Å². The van der Waals surface area contributed by atoms with E-state index in [1.54, 1.807) is 0 Å². The van der Waals surface area contributed by atoms with Crippen LogP contribution in [0.5, 0.6) is 0 Å². The maximum Gasteiger partial charge on any atom is 0.160 e. The van der Waals surface area contributed by atoms with E-state index < -0.39 is 0 Å². The maximum absolute atomic E-state index is 5.03. The van der Waals surface area contributed by atoms with Gasteiger partial charge in [-0.3, -0.25) is 0 Å². The van der Waals surface area contributed by atoms with Gasteiger partial charge >= 0.3 is 0 Å². The third kappa shape index (κ3) is 3.96. The van der Waals surface area contributed by atoms with Gasteiger partial charge in [0, 0.05) is 53.3 Å². The van der Waals surface area contributed by atoms with E-state index in [1.165, 1.54) is 42.0 Å². The molecular formula is C40H25N3S. The molecule has 9 aromatic rings. The van der Waals surface area contributed by atoms with E-state index in [4.69, 9.17) is 9.97 Å². The van der Waals surface area contributed by atoms with E-state index in [1.807, 2.05) is 47.7 Å². The van der Waals surface area contributed by atoms with Gasteiger partial charge in [0.1, 0.15) is 0 Å². The van der Waals surface area contributed by atoms with Crippen molar-refractivity contribution in [3.63, 3.8) is 0 Å². The van der Waals surface area contributed by atoms with Crippen LogP contribution < -0.4 is 0 Å². The molecule has 0 saturated heterocycles. The smallest absolute Gasteiger partial charge is 0.160 e. The number of hydrogen-bond donors (Lipinski definition) is 0. The van der Waals surface area contributed by atoms with E-state index in [9.17, 15) is 0 Å². The average Bonchev–Trinajstić information content (AvgIpc) is 3.64. The molecule has 3 nitrogen and oxygen atoms in total. The molecule has 0 radical (unpaired) electrons. The molecule has 0 N–H and O–H groups in total. The van der Waals surface area contributed by atoms with Crippen LogP contribution in [0.25, 0.3) is 81.6 Å². The van der Waals surface area contributed by atoms with Gasteiger partial charge in [0.05, 0.1) is 22.4 Å². The predicted octanol–water partition coefficient (Wildman–Crippen LogP) is 10.9. The zero-order valence-electron chi connectivity index (χ0n) is 23.7. The second-order valence-electron chi connectivity index (χ2n) is 11.0. The highest BCUT2D eigenvalue weighted by molar-refractivity contribution is 7.26. The Hall–Kier alpha value is -5.58. The summed E-state index contributed by atoms with van der Waals surface area (Å²) in [5, 5.41) is 5.26. The topological polar surface area (TPSA) is 30.7 Å².